The number of benzene rings is 1. The van der Waals surface area contributed by atoms with Gasteiger partial charge in [-0.3, -0.25) is 14.3 Å². The summed E-state index contributed by atoms with van der Waals surface area (Å²) in [6.07, 6.45) is 2.06. The number of carbonyl (C=O) groups excluding carboxylic acids is 1. The lowest BCUT2D eigenvalue weighted by atomic mass is 10.0. The number of carbonyl (C=O) groups is 2. The van der Waals surface area contributed by atoms with Crippen molar-refractivity contribution in [3.05, 3.63) is 47.3 Å². The van der Waals surface area contributed by atoms with E-state index in [-0.39, 0.29) is 5.91 Å². The van der Waals surface area contributed by atoms with Crippen molar-refractivity contribution >= 4 is 17.6 Å². The second-order valence-electron chi connectivity index (χ2n) is 6.81. The van der Waals surface area contributed by atoms with Crippen LogP contribution < -0.4 is 5.32 Å². The van der Waals surface area contributed by atoms with Crippen LogP contribution in [0.15, 0.2) is 30.5 Å². The monoisotopic (exact) mass is 343 g/mol. The third-order valence-corrected chi connectivity index (χ3v) is 4.06. The van der Waals surface area contributed by atoms with Crippen molar-refractivity contribution in [2.24, 2.45) is 11.8 Å². The molecule has 2 N–H and O–H groups in total. The Bertz CT molecular complexity index is 748. The first-order chi connectivity index (χ1) is 11.8. The van der Waals surface area contributed by atoms with Crippen LogP contribution in [-0.2, 0) is 17.8 Å². The molecule has 1 atom stereocenters. The van der Waals surface area contributed by atoms with Gasteiger partial charge < -0.3 is 10.4 Å². The number of nitrogens with one attached hydrogen (secondary N) is 1. The normalized spacial score (nSPS) is 12.2. The third-order valence-electron chi connectivity index (χ3n) is 4.06. The zero-order valence-corrected chi connectivity index (χ0v) is 15.1. The van der Waals surface area contributed by atoms with Crippen molar-refractivity contribution in [3.8, 4) is 0 Å². The Morgan fingerprint density at radius 1 is 1.20 bits per heavy atom. The molecule has 1 amide bonds. The Morgan fingerprint density at radius 3 is 2.40 bits per heavy atom. The van der Waals surface area contributed by atoms with E-state index in [1.54, 1.807) is 25.3 Å². The van der Waals surface area contributed by atoms with Crippen molar-refractivity contribution in [1.82, 2.24) is 9.78 Å². The summed E-state index contributed by atoms with van der Waals surface area (Å²) in [5.41, 5.74) is 3.00. The van der Waals surface area contributed by atoms with Gasteiger partial charge in [0, 0.05) is 17.9 Å². The minimum atomic E-state index is -0.814. The summed E-state index contributed by atoms with van der Waals surface area (Å²) < 4.78 is 1.84. The topological polar surface area (TPSA) is 84.2 Å². The molecule has 0 aliphatic heterocycles. The molecule has 25 heavy (non-hydrogen) atoms. The second kappa shape index (κ2) is 7.96. The van der Waals surface area contributed by atoms with Gasteiger partial charge in [0.2, 0.25) is 0 Å². The van der Waals surface area contributed by atoms with Gasteiger partial charge in [0.05, 0.1) is 17.7 Å². The van der Waals surface area contributed by atoms with E-state index in [4.69, 9.17) is 5.11 Å². The van der Waals surface area contributed by atoms with Crippen LogP contribution in [0, 0.1) is 18.8 Å². The van der Waals surface area contributed by atoms with Crippen molar-refractivity contribution in [2.75, 3.05) is 5.32 Å². The number of aliphatic carboxylic acids is 1. The minimum absolute atomic E-state index is 0.195. The van der Waals surface area contributed by atoms with Crippen LogP contribution >= 0.6 is 0 Å². The fourth-order valence-electron chi connectivity index (χ4n) is 2.56. The lowest BCUT2D eigenvalue weighted by Gasteiger charge is -2.09. The predicted octanol–water partition coefficient (Wildman–Crippen LogP) is 3.36. The Balaban J connectivity index is 2.03. The highest BCUT2D eigenvalue weighted by atomic mass is 16.4. The van der Waals surface area contributed by atoms with Gasteiger partial charge in [0.15, 0.2) is 0 Å². The Labute approximate surface area is 147 Å². The smallest absolute Gasteiger partial charge is 0.306 e. The first-order valence-corrected chi connectivity index (χ1v) is 8.43. The molecule has 6 heteroatoms. The average Bonchev–Trinajstić information content (AvgIpc) is 2.89. The largest absolute Gasteiger partial charge is 0.481 e. The fourth-order valence-corrected chi connectivity index (χ4v) is 2.56. The Kier molecular flexibility index (Phi) is 5.96. The predicted molar refractivity (Wildman–Crippen MR) is 96.7 cm³/mol. The van der Waals surface area contributed by atoms with Gasteiger partial charge in [0.25, 0.3) is 5.91 Å². The zero-order valence-electron chi connectivity index (χ0n) is 15.1. The highest BCUT2D eigenvalue weighted by Gasteiger charge is 2.15. The van der Waals surface area contributed by atoms with Crippen molar-refractivity contribution < 1.29 is 14.7 Å². The van der Waals surface area contributed by atoms with Crippen molar-refractivity contribution in [2.45, 2.75) is 40.7 Å². The first kappa shape index (κ1) is 18.7. The molecule has 0 fully saturated rings. The van der Waals surface area contributed by atoms with Gasteiger partial charge >= 0.3 is 5.97 Å². The van der Waals surface area contributed by atoms with E-state index in [1.165, 1.54) is 0 Å². The lowest BCUT2D eigenvalue weighted by Crippen LogP contribution is -2.14. The Morgan fingerprint density at radius 2 is 1.84 bits per heavy atom. The standard InChI is InChI=1S/C19H25N3O3/c1-12(2)11-22-14(4)17(10-20-22)18(23)21-16-7-5-15(6-8-16)9-13(3)19(24)25/h5-8,10,12-13H,9,11H2,1-4H3,(H,21,23)(H,24,25). The molecule has 134 valence electrons. The number of rotatable bonds is 7. The molecular formula is C19H25N3O3. The fraction of sp³-hybridized carbons (Fsp3) is 0.421. The molecule has 1 aromatic heterocycles. The Hall–Kier alpha value is -2.63. The molecule has 0 saturated carbocycles. The summed E-state index contributed by atoms with van der Waals surface area (Å²) in [4.78, 5) is 23.4. The molecule has 1 unspecified atom stereocenters. The van der Waals surface area contributed by atoms with E-state index < -0.39 is 11.9 Å². The van der Waals surface area contributed by atoms with E-state index in [9.17, 15) is 9.59 Å². The molecule has 2 aromatic rings. The number of amides is 1. The summed E-state index contributed by atoms with van der Waals surface area (Å²) in [5, 5.41) is 16.1. The molecule has 1 heterocycles. The molecule has 0 aliphatic carbocycles. The summed E-state index contributed by atoms with van der Waals surface area (Å²) in [6, 6.07) is 7.25. The number of aromatic nitrogens is 2. The van der Waals surface area contributed by atoms with E-state index in [2.05, 4.69) is 24.3 Å². The molecule has 1 aromatic carbocycles. The lowest BCUT2D eigenvalue weighted by molar-refractivity contribution is -0.141. The molecule has 0 bridgehead atoms. The van der Waals surface area contributed by atoms with Crippen LogP contribution in [0.25, 0.3) is 0 Å². The van der Waals surface area contributed by atoms with Crippen LogP contribution in [0.4, 0.5) is 5.69 Å². The maximum Gasteiger partial charge on any atom is 0.306 e. The van der Waals surface area contributed by atoms with Crippen molar-refractivity contribution in [3.63, 3.8) is 0 Å². The molecule has 6 nitrogen and oxygen atoms in total. The SMILES string of the molecule is Cc1c(C(=O)Nc2ccc(CC(C)C(=O)O)cc2)cnn1CC(C)C. The number of carboxylic acids is 1. The van der Waals surface area contributed by atoms with Gasteiger partial charge in [0.1, 0.15) is 0 Å². The maximum atomic E-state index is 12.4. The van der Waals surface area contributed by atoms with Gasteiger partial charge in [-0.25, -0.2) is 0 Å². The van der Waals surface area contributed by atoms with Gasteiger partial charge in [-0.05, 0) is 37.0 Å². The summed E-state index contributed by atoms with van der Waals surface area (Å²) >= 11 is 0. The molecule has 0 radical (unpaired) electrons. The number of hydrogen-bond donors (Lipinski definition) is 2. The summed E-state index contributed by atoms with van der Waals surface area (Å²) in [5.74, 6) is -0.990. The number of nitrogens with zero attached hydrogens (tertiary/aromatic N) is 2. The second-order valence-corrected chi connectivity index (χ2v) is 6.81. The van der Waals surface area contributed by atoms with Crippen LogP contribution in [0.1, 0.15) is 42.4 Å². The summed E-state index contributed by atoms with van der Waals surface area (Å²) in [7, 11) is 0. The highest BCUT2D eigenvalue weighted by Crippen LogP contribution is 2.16. The van der Waals surface area contributed by atoms with Crippen LogP contribution in [-0.4, -0.2) is 26.8 Å². The first-order valence-electron chi connectivity index (χ1n) is 8.43. The zero-order chi connectivity index (χ0) is 18.6. The molecule has 2 rings (SSSR count). The number of hydrogen-bond acceptors (Lipinski definition) is 3. The van der Waals surface area contributed by atoms with Gasteiger partial charge in [-0.15, -0.1) is 0 Å². The number of anilines is 1. The van der Waals surface area contributed by atoms with Crippen LogP contribution in [0.5, 0.6) is 0 Å². The molecular weight excluding hydrogens is 318 g/mol. The molecule has 0 aliphatic rings. The van der Waals surface area contributed by atoms with Crippen molar-refractivity contribution in [1.29, 1.82) is 0 Å². The van der Waals surface area contributed by atoms with E-state index in [1.807, 2.05) is 23.7 Å². The average molecular weight is 343 g/mol. The maximum absolute atomic E-state index is 12.4. The van der Waals surface area contributed by atoms with E-state index in [0.717, 1.165) is 17.8 Å². The van der Waals surface area contributed by atoms with Crippen LogP contribution in [0.3, 0.4) is 0 Å². The number of carboxylic acid groups (broad SMARTS) is 1. The molecule has 0 spiro atoms. The van der Waals surface area contributed by atoms with E-state index in [0.29, 0.717) is 23.6 Å². The van der Waals surface area contributed by atoms with E-state index >= 15 is 0 Å². The summed E-state index contributed by atoms with van der Waals surface area (Å²) in [6.45, 7) is 8.55. The minimum Gasteiger partial charge on any atom is -0.481 e. The molecule has 0 saturated heterocycles. The van der Waals surface area contributed by atoms with Gasteiger partial charge in [-0.1, -0.05) is 32.9 Å². The van der Waals surface area contributed by atoms with Crippen LogP contribution in [0.2, 0.25) is 0 Å². The quantitative estimate of drug-likeness (QED) is 0.807. The third kappa shape index (κ3) is 4.92. The van der Waals surface area contributed by atoms with Gasteiger partial charge in [-0.2, -0.15) is 5.10 Å². The highest BCUT2D eigenvalue weighted by molar-refractivity contribution is 6.04.